The van der Waals surface area contributed by atoms with E-state index in [1.807, 2.05) is 20.8 Å². The average molecular weight is 282 g/mol. The lowest BCUT2D eigenvalue weighted by Gasteiger charge is -2.25. The van der Waals surface area contributed by atoms with Gasteiger partial charge in [0.15, 0.2) is 0 Å². The highest BCUT2D eigenvalue weighted by Gasteiger charge is 2.26. The third kappa shape index (κ3) is 10.8. The Hall–Kier alpha value is -0.780. The Morgan fingerprint density at radius 1 is 1.16 bits per heavy atom. The second kappa shape index (κ2) is 7.12. The van der Waals surface area contributed by atoms with Crippen LogP contribution in [0.5, 0.6) is 0 Å². The molecular weight excluding hydrogens is 257 g/mol. The van der Waals surface area contributed by atoms with Crippen molar-refractivity contribution in [1.29, 1.82) is 0 Å². The van der Waals surface area contributed by atoms with Gasteiger partial charge in [0.2, 0.25) is 5.91 Å². The normalized spacial score (nSPS) is 16.0. The van der Waals surface area contributed by atoms with E-state index >= 15 is 0 Å². The molecule has 0 aliphatic heterocycles. The standard InChI is InChI=1S/C13H25F3N2O/c1-9(7-6-8-13(14,15)16)17-10(2)11(19)18-12(3,4)5/h9-10,17H,6-8H2,1-5H3,(H,18,19). The minimum absolute atomic E-state index is 0.0747. The van der Waals surface area contributed by atoms with Gasteiger partial charge in [-0.1, -0.05) is 0 Å². The highest BCUT2D eigenvalue weighted by Crippen LogP contribution is 2.22. The smallest absolute Gasteiger partial charge is 0.350 e. The zero-order valence-corrected chi connectivity index (χ0v) is 12.3. The predicted octanol–water partition coefficient (Wildman–Crippen LogP) is 3.00. The fourth-order valence-electron chi connectivity index (χ4n) is 1.67. The van der Waals surface area contributed by atoms with E-state index in [0.29, 0.717) is 6.42 Å². The van der Waals surface area contributed by atoms with Crippen LogP contribution >= 0.6 is 0 Å². The van der Waals surface area contributed by atoms with Crippen LogP contribution in [0.2, 0.25) is 0 Å². The molecule has 19 heavy (non-hydrogen) atoms. The van der Waals surface area contributed by atoms with Crippen LogP contribution in [-0.2, 0) is 4.79 Å². The van der Waals surface area contributed by atoms with E-state index in [1.165, 1.54) is 0 Å². The fourth-order valence-corrected chi connectivity index (χ4v) is 1.67. The van der Waals surface area contributed by atoms with Crippen LogP contribution in [0, 0.1) is 0 Å². The molecule has 1 amide bonds. The number of amides is 1. The van der Waals surface area contributed by atoms with Crippen molar-refractivity contribution in [2.75, 3.05) is 0 Å². The zero-order chi connectivity index (χ0) is 15.3. The maximum atomic E-state index is 12.0. The lowest BCUT2D eigenvalue weighted by molar-refractivity contribution is -0.136. The van der Waals surface area contributed by atoms with Crippen LogP contribution in [0.3, 0.4) is 0 Å². The molecule has 2 unspecified atom stereocenters. The molecule has 0 saturated heterocycles. The summed E-state index contributed by atoms with van der Waals surface area (Å²) in [7, 11) is 0. The molecule has 0 aliphatic carbocycles. The third-order valence-electron chi connectivity index (χ3n) is 2.52. The van der Waals surface area contributed by atoms with Gasteiger partial charge in [-0.15, -0.1) is 0 Å². The first-order valence-electron chi connectivity index (χ1n) is 6.55. The van der Waals surface area contributed by atoms with E-state index in [-0.39, 0.29) is 23.9 Å². The molecule has 0 aromatic rings. The predicted molar refractivity (Wildman–Crippen MR) is 69.9 cm³/mol. The molecule has 0 heterocycles. The summed E-state index contributed by atoms with van der Waals surface area (Å²) >= 11 is 0. The monoisotopic (exact) mass is 282 g/mol. The third-order valence-corrected chi connectivity index (χ3v) is 2.52. The average Bonchev–Trinajstić information content (AvgIpc) is 2.12. The van der Waals surface area contributed by atoms with Crippen molar-refractivity contribution in [1.82, 2.24) is 10.6 Å². The molecule has 6 heteroatoms. The van der Waals surface area contributed by atoms with Crippen molar-refractivity contribution < 1.29 is 18.0 Å². The molecule has 0 aromatic heterocycles. The van der Waals surface area contributed by atoms with Gasteiger partial charge < -0.3 is 10.6 Å². The van der Waals surface area contributed by atoms with E-state index < -0.39 is 18.6 Å². The summed E-state index contributed by atoms with van der Waals surface area (Å²) in [6.07, 6.45) is -4.41. The van der Waals surface area contributed by atoms with Crippen molar-refractivity contribution in [3.63, 3.8) is 0 Å². The summed E-state index contributed by atoms with van der Waals surface area (Å²) in [6.45, 7) is 9.14. The molecule has 114 valence electrons. The molecule has 0 fully saturated rings. The van der Waals surface area contributed by atoms with Crippen LogP contribution in [0.1, 0.15) is 53.9 Å². The first-order valence-corrected chi connectivity index (χ1v) is 6.55. The van der Waals surface area contributed by atoms with Gasteiger partial charge in [-0.05, 0) is 47.5 Å². The van der Waals surface area contributed by atoms with E-state index in [4.69, 9.17) is 0 Å². The van der Waals surface area contributed by atoms with Crippen molar-refractivity contribution in [2.45, 2.75) is 77.7 Å². The molecule has 0 aliphatic rings. The molecule has 0 rings (SSSR count). The summed E-state index contributed by atoms with van der Waals surface area (Å²) in [5.74, 6) is -0.143. The SMILES string of the molecule is CC(CCCC(F)(F)F)NC(C)C(=O)NC(C)(C)C. The largest absolute Gasteiger partial charge is 0.389 e. The topological polar surface area (TPSA) is 41.1 Å². The van der Waals surface area contributed by atoms with Crippen LogP contribution < -0.4 is 10.6 Å². The van der Waals surface area contributed by atoms with Gasteiger partial charge in [-0.25, -0.2) is 0 Å². The summed E-state index contributed by atoms with van der Waals surface area (Å²) in [4.78, 5) is 11.8. The number of carbonyl (C=O) groups excluding carboxylic acids is 1. The minimum Gasteiger partial charge on any atom is -0.350 e. The number of rotatable bonds is 6. The number of halogens is 3. The second-order valence-corrected chi connectivity index (χ2v) is 6.04. The quantitative estimate of drug-likeness (QED) is 0.786. The Bertz CT molecular complexity index is 285. The highest BCUT2D eigenvalue weighted by atomic mass is 19.4. The van der Waals surface area contributed by atoms with Gasteiger partial charge >= 0.3 is 6.18 Å². The van der Waals surface area contributed by atoms with Gasteiger partial charge in [0.1, 0.15) is 0 Å². The van der Waals surface area contributed by atoms with Crippen LogP contribution in [-0.4, -0.2) is 29.7 Å². The lowest BCUT2D eigenvalue weighted by atomic mass is 10.1. The number of nitrogens with one attached hydrogen (secondary N) is 2. The number of alkyl halides is 3. The Balaban J connectivity index is 3.99. The van der Waals surface area contributed by atoms with E-state index in [0.717, 1.165) is 0 Å². The van der Waals surface area contributed by atoms with Crippen LogP contribution in [0.25, 0.3) is 0 Å². The Kier molecular flexibility index (Phi) is 6.83. The summed E-state index contributed by atoms with van der Waals surface area (Å²) in [5.41, 5.74) is -0.313. The van der Waals surface area contributed by atoms with E-state index in [1.54, 1.807) is 13.8 Å². The molecule has 0 spiro atoms. The molecule has 2 N–H and O–H groups in total. The van der Waals surface area contributed by atoms with Crippen molar-refractivity contribution in [3.05, 3.63) is 0 Å². The first-order chi connectivity index (χ1) is 8.41. The van der Waals surface area contributed by atoms with E-state index in [2.05, 4.69) is 10.6 Å². The molecule has 0 radical (unpaired) electrons. The van der Waals surface area contributed by atoms with Crippen molar-refractivity contribution in [2.24, 2.45) is 0 Å². The Morgan fingerprint density at radius 3 is 2.11 bits per heavy atom. The van der Waals surface area contributed by atoms with Gasteiger partial charge in [0, 0.05) is 18.0 Å². The molecular formula is C13H25F3N2O. The van der Waals surface area contributed by atoms with Gasteiger partial charge in [0.25, 0.3) is 0 Å². The van der Waals surface area contributed by atoms with Crippen LogP contribution in [0.15, 0.2) is 0 Å². The maximum Gasteiger partial charge on any atom is 0.389 e. The number of hydrogen-bond donors (Lipinski definition) is 2. The second-order valence-electron chi connectivity index (χ2n) is 6.04. The summed E-state index contributed by atoms with van der Waals surface area (Å²) in [6, 6.07) is -0.539. The van der Waals surface area contributed by atoms with Gasteiger partial charge in [-0.3, -0.25) is 4.79 Å². The maximum absolute atomic E-state index is 12.0. The molecule has 2 atom stereocenters. The zero-order valence-electron chi connectivity index (χ0n) is 12.3. The Labute approximate surface area is 113 Å². The van der Waals surface area contributed by atoms with Crippen molar-refractivity contribution in [3.8, 4) is 0 Å². The fraction of sp³-hybridized carbons (Fsp3) is 0.923. The van der Waals surface area contributed by atoms with Gasteiger partial charge in [0.05, 0.1) is 6.04 Å². The lowest BCUT2D eigenvalue weighted by Crippen LogP contribution is -2.51. The first kappa shape index (κ1) is 18.2. The summed E-state index contributed by atoms with van der Waals surface area (Å²) in [5, 5.41) is 5.83. The van der Waals surface area contributed by atoms with Crippen molar-refractivity contribution >= 4 is 5.91 Å². The highest BCUT2D eigenvalue weighted by molar-refractivity contribution is 5.81. The molecule has 0 bridgehead atoms. The van der Waals surface area contributed by atoms with E-state index in [9.17, 15) is 18.0 Å². The van der Waals surface area contributed by atoms with Gasteiger partial charge in [-0.2, -0.15) is 13.2 Å². The number of carbonyl (C=O) groups is 1. The Morgan fingerprint density at radius 2 is 1.68 bits per heavy atom. The summed E-state index contributed by atoms with van der Waals surface area (Å²) < 4.78 is 36.0. The molecule has 0 aromatic carbocycles. The molecule has 3 nitrogen and oxygen atoms in total. The minimum atomic E-state index is -4.10. The van der Waals surface area contributed by atoms with Crippen LogP contribution in [0.4, 0.5) is 13.2 Å². The number of hydrogen-bond acceptors (Lipinski definition) is 2. The molecule has 0 saturated carbocycles.